The molecule has 2 aromatic heterocycles. The second-order valence-corrected chi connectivity index (χ2v) is 11.0. The average molecular weight is 500 g/mol. The van der Waals surface area contributed by atoms with E-state index in [1.165, 1.54) is 10.6 Å². The monoisotopic (exact) mass is 499 g/mol. The van der Waals surface area contributed by atoms with Gasteiger partial charge in [0.2, 0.25) is 15.9 Å². The number of imidazole rings is 1. The molecule has 0 radical (unpaired) electrons. The van der Waals surface area contributed by atoms with Crippen LogP contribution in [-0.4, -0.2) is 34.0 Å². The summed E-state index contributed by atoms with van der Waals surface area (Å²) in [7, 11) is -3.79. The van der Waals surface area contributed by atoms with Crippen molar-refractivity contribution in [3.63, 3.8) is 0 Å². The summed E-state index contributed by atoms with van der Waals surface area (Å²) in [5, 5.41) is 3.00. The topological polar surface area (TPSA) is 115 Å². The molecule has 0 spiro atoms. The largest absolute Gasteiger partial charge is 0.350 e. The molecular formula is C25H33N5O4S. The van der Waals surface area contributed by atoms with E-state index >= 15 is 0 Å². The van der Waals surface area contributed by atoms with Crippen molar-refractivity contribution in [2.75, 3.05) is 4.72 Å². The van der Waals surface area contributed by atoms with E-state index in [2.05, 4.69) is 15.0 Å². The van der Waals surface area contributed by atoms with Crippen molar-refractivity contribution >= 4 is 21.6 Å². The van der Waals surface area contributed by atoms with E-state index in [0.29, 0.717) is 22.6 Å². The number of pyridine rings is 1. The standard InChI is InChI=1S/C25H33N5O4S/c1-6-25(4,5)27-23(31)15-29-17-26-19(3)22(29)14-30-18(2)12-13-21(24(30)32)28-35(33,34)16-20-10-8-7-9-11-20/h7-13,17,28H,6,14-16H2,1-5H3,(H,27,31). The molecule has 9 nitrogen and oxygen atoms in total. The van der Waals surface area contributed by atoms with Crippen LogP contribution >= 0.6 is 0 Å². The predicted molar refractivity (Wildman–Crippen MR) is 137 cm³/mol. The summed E-state index contributed by atoms with van der Waals surface area (Å²) in [6.07, 6.45) is 2.37. The first-order valence-electron chi connectivity index (χ1n) is 11.5. The molecule has 10 heteroatoms. The van der Waals surface area contributed by atoms with Gasteiger partial charge in [0, 0.05) is 11.2 Å². The van der Waals surface area contributed by atoms with Crippen LogP contribution in [0.4, 0.5) is 5.69 Å². The Bertz CT molecular complexity index is 1360. The number of nitrogens with zero attached hydrogens (tertiary/aromatic N) is 3. The fourth-order valence-electron chi connectivity index (χ4n) is 3.60. The molecule has 1 amide bonds. The van der Waals surface area contributed by atoms with Crippen LogP contribution in [0.15, 0.2) is 53.6 Å². The number of nitrogens with one attached hydrogen (secondary N) is 2. The van der Waals surface area contributed by atoms with Gasteiger partial charge in [0.15, 0.2) is 0 Å². The summed E-state index contributed by atoms with van der Waals surface area (Å²) in [4.78, 5) is 30.2. The van der Waals surface area contributed by atoms with Crippen molar-refractivity contribution in [1.82, 2.24) is 19.4 Å². The zero-order chi connectivity index (χ0) is 25.8. The van der Waals surface area contributed by atoms with Crippen molar-refractivity contribution in [1.29, 1.82) is 0 Å². The minimum atomic E-state index is -3.79. The normalized spacial score (nSPS) is 11.9. The number of benzene rings is 1. The Labute approximate surface area is 206 Å². The molecular weight excluding hydrogens is 466 g/mol. The van der Waals surface area contributed by atoms with Crippen LogP contribution in [0.2, 0.25) is 0 Å². The minimum absolute atomic E-state index is 0.0299. The molecule has 3 rings (SSSR count). The molecule has 1 aromatic carbocycles. The maximum atomic E-state index is 13.2. The van der Waals surface area contributed by atoms with Gasteiger partial charge in [-0.25, -0.2) is 13.4 Å². The fourth-order valence-corrected chi connectivity index (χ4v) is 4.80. The van der Waals surface area contributed by atoms with E-state index in [4.69, 9.17) is 0 Å². The second-order valence-electron chi connectivity index (χ2n) is 9.32. The highest BCUT2D eigenvalue weighted by molar-refractivity contribution is 7.91. The molecule has 0 unspecified atom stereocenters. The number of hydrogen-bond donors (Lipinski definition) is 2. The average Bonchev–Trinajstić information content (AvgIpc) is 3.12. The first-order chi connectivity index (χ1) is 16.4. The number of hydrogen-bond acceptors (Lipinski definition) is 5. The molecule has 2 N–H and O–H groups in total. The molecule has 0 saturated heterocycles. The van der Waals surface area contributed by atoms with Crippen LogP contribution in [-0.2, 0) is 33.7 Å². The van der Waals surface area contributed by atoms with Crippen LogP contribution in [0.25, 0.3) is 0 Å². The van der Waals surface area contributed by atoms with Crippen molar-refractivity contribution in [2.45, 2.75) is 65.4 Å². The molecule has 0 bridgehead atoms. The van der Waals surface area contributed by atoms with Gasteiger partial charge >= 0.3 is 0 Å². The lowest BCUT2D eigenvalue weighted by atomic mass is 10.0. The number of carbonyl (C=O) groups excluding carboxylic acids is 1. The highest BCUT2D eigenvalue weighted by Gasteiger charge is 2.20. The zero-order valence-corrected chi connectivity index (χ0v) is 21.6. The van der Waals surface area contributed by atoms with Gasteiger partial charge in [-0.1, -0.05) is 37.3 Å². The number of rotatable bonds is 10. The SMILES string of the molecule is CCC(C)(C)NC(=O)Cn1cnc(C)c1Cn1c(C)ccc(NS(=O)(=O)Cc2ccccc2)c1=O. The molecule has 0 aliphatic heterocycles. The van der Waals surface area contributed by atoms with Crippen molar-refractivity contribution in [3.05, 3.63) is 81.8 Å². The number of aromatic nitrogens is 3. The molecule has 35 heavy (non-hydrogen) atoms. The predicted octanol–water partition coefficient (Wildman–Crippen LogP) is 2.96. The number of anilines is 1. The highest BCUT2D eigenvalue weighted by atomic mass is 32.2. The van der Waals surface area contributed by atoms with Crippen LogP contribution in [0.1, 0.15) is 49.8 Å². The van der Waals surface area contributed by atoms with Gasteiger partial charge in [-0.05, 0) is 51.8 Å². The third-order valence-electron chi connectivity index (χ3n) is 6.00. The van der Waals surface area contributed by atoms with E-state index in [-0.39, 0.29) is 36.0 Å². The van der Waals surface area contributed by atoms with E-state index < -0.39 is 15.6 Å². The van der Waals surface area contributed by atoms with E-state index in [1.54, 1.807) is 48.1 Å². The number of carbonyl (C=O) groups is 1. The summed E-state index contributed by atoms with van der Waals surface area (Å²) in [5.41, 5.74) is 1.84. The lowest BCUT2D eigenvalue weighted by Gasteiger charge is -2.24. The number of amides is 1. The van der Waals surface area contributed by atoms with Crippen molar-refractivity contribution in [3.8, 4) is 0 Å². The third kappa shape index (κ3) is 6.82. The first kappa shape index (κ1) is 26.2. The van der Waals surface area contributed by atoms with Gasteiger partial charge in [0.25, 0.3) is 5.56 Å². The van der Waals surface area contributed by atoms with Gasteiger partial charge in [-0.15, -0.1) is 0 Å². The van der Waals surface area contributed by atoms with Crippen LogP contribution in [0.5, 0.6) is 0 Å². The Kier molecular flexibility index (Phi) is 7.84. The van der Waals surface area contributed by atoms with Gasteiger partial charge in [0.1, 0.15) is 12.2 Å². The van der Waals surface area contributed by atoms with Gasteiger partial charge in [0.05, 0.1) is 30.0 Å². The molecule has 0 saturated carbocycles. The maximum Gasteiger partial charge on any atom is 0.275 e. The lowest BCUT2D eigenvalue weighted by Crippen LogP contribution is -2.44. The summed E-state index contributed by atoms with van der Waals surface area (Å²) >= 11 is 0. The Hall–Kier alpha value is -3.40. The van der Waals surface area contributed by atoms with Crippen molar-refractivity contribution in [2.24, 2.45) is 0 Å². The van der Waals surface area contributed by atoms with Crippen LogP contribution in [0.3, 0.4) is 0 Å². The van der Waals surface area contributed by atoms with Gasteiger partial charge in [-0.2, -0.15) is 0 Å². The molecule has 0 aliphatic carbocycles. The van der Waals surface area contributed by atoms with Gasteiger partial charge in [-0.3, -0.25) is 14.3 Å². The first-order valence-corrected chi connectivity index (χ1v) is 13.1. The van der Waals surface area contributed by atoms with Crippen LogP contribution in [0, 0.1) is 13.8 Å². The molecule has 188 valence electrons. The Morgan fingerprint density at radius 2 is 1.77 bits per heavy atom. The lowest BCUT2D eigenvalue weighted by molar-refractivity contribution is -0.123. The van der Waals surface area contributed by atoms with Crippen LogP contribution < -0.4 is 15.6 Å². The maximum absolute atomic E-state index is 13.2. The third-order valence-corrected chi connectivity index (χ3v) is 7.24. The Morgan fingerprint density at radius 1 is 1.09 bits per heavy atom. The summed E-state index contributed by atoms with van der Waals surface area (Å²) in [6, 6.07) is 11.9. The molecule has 3 aromatic rings. The highest BCUT2D eigenvalue weighted by Crippen LogP contribution is 2.14. The molecule has 0 atom stereocenters. The summed E-state index contributed by atoms with van der Waals surface area (Å²) < 4.78 is 31.0. The molecule has 0 aliphatic rings. The molecule has 0 fully saturated rings. The molecule has 2 heterocycles. The van der Waals surface area contributed by atoms with E-state index in [9.17, 15) is 18.0 Å². The fraction of sp³-hybridized carbons (Fsp3) is 0.400. The van der Waals surface area contributed by atoms with E-state index in [0.717, 1.165) is 6.42 Å². The summed E-state index contributed by atoms with van der Waals surface area (Å²) in [5.74, 6) is -0.391. The van der Waals surface area contributed by atoms with E-state index in [1.807, 2.05) is 33.8 Å². The second kappa shape index (κ2) is 10.5. The number of sulfonamides is 1. The van der Waals surface area contributed by atoms with Gasteiger partial charge < -0.3 is 14.5 Å². The zero-order valence-electron chi connectivity index (χ0n) is 20.8. The Morgan fingerprint density at radius 3 is 2.43 bits per heavy atom. The summed E-state index contributed by atoms with van der Waals surface area (Å²) in [6.45, 7) is 9.72. The quantitative estimate of drug-likeness (QED) is 0.445. The van der Waals surface area contributed by atoms with Crippen molar-refractivity contribution < 1.29 is 13.2 Å². The number of aryl methyl sites for hydroxylation is 2. The smallest absolute Gasteiger partial charge is 0.275 e. The Balaban J connectivity index is 1.85. The minimum Gasteiger partial charge on any atom is -0.350 e.